The highest BCUT2D eigenvalue weighted by Crippen LogP contribution is 2.25. The van der Waals surface area contributed by atoms with Gasteiger partial charge in [0.1, 0.15) is 0 Å². The average Bonchev–Trinajstić information content (AvgIpc) is 2.49. The Labute approximate surface area is 129 Å². The lowest BCUT2D eigenvalue weighted by Gasteiger charge is -2.26. The first-order valence-electron chi connectivity index (χ1n) is 7.59. The van der Waals surface area contributed by atoms with Crippen molar-refractivity contribution in [3.8, 4) is 0 Å². The number of nitrogens with one attached hydrogen (secondary N) is 2. The minimum atomic E-state index is -3.52. The molecule has 1 aromatic carbocycles. The van der Waals surface area contributed by atoms with Gasteiger partial charge in [0, 0.05) is 17.6 Å². The van der Waals surface area contributed by atoms with Crippen LogP contribution >= 0.6 is 0 Å². The van der Waals surface area contributed by atoms with E-state index in [1.54, 1.807) is 18.2 Å². The van der Waals surface area contributed by atoms with Gasteiger partial charge >= 0.3 is 0 Å². The standard InChI is InChI=1S/C16H20N2O3S/c1-11-2-5-13(6-3-11)18-22(20,21)14-7-8-15-12(10-14)4-9-16(19)17-15/h4,7-11,13,18H,2-3,5-6H2,1H3,(H,17,19). The summed E-state index contributed by atoms with van der Waals surface area (Å²) in [6.45, 7) is 2.20. The molecule has 1 heterocycles. The Hall–Kier alpha value is -1.66. The number of pyridine rings is 1. The van der Waals surface area contributed by atoms with Gasteiger partial charge in [0.2, 0.25) is 15.6 Å². The second kappa shape index (κ2) is 5.85. The molecule has 0 spiro atoms. The molecular formula is C16H20N2O3S. The molecule has 1 fully saturated rings. The van der Waals surface area contributed by atoms with Gasteiger partial charge in [-0.2, -0.15) is 0 Å². The molecule has 1 aliphatic carbocycles. The van der Waals surface area contributed by atoms with Crippen LogP contribution in [-0.2, 0) is 10.0 Å². The Morgan fingerprint density at radius 3 is 2.55 bits per heavy atom. The van der Waals surface area contributed by atoms with E-state index in [1.165, 1.54) is 12.1 Å². The molecule has 0 saturated heterocycles. The Morgan fingerprint density at radius 1 is 1.09 bits per heavy atom. The number of H-pyrrole nitrogens is 1. The molecule has 0 atom stereocenters. The molecule has 22 heavy (non-hydrogen) atoms. The van der Waals surface area contributed by atoms with Crippen molar-refractivity contribution in [2.24, 2.45) is 5.92 Å². The summed E-state index contributed by atoms with van der Waals surface area (Å²) in [6, 6.07) is 7.82. The summed E-state index contributed by atoms with van der Waals surface area (Å²) in [6.07, 6.45) is 3.90. The van der Waals surface area contributed by atoms with Crippen LogP contribution in [-0.4, -0.2) is 19.4 Å². The molecule has 1 aromatic heterocycles. The van der Waals surface area contributed by atoms with E-state index in [-0.39, 0.29) is 16.5 Å². The summed E-state index contributed by atoms with van der Waals surface area (Å²) in [7, 11) is -3.52. The second-order valence-electron chi connectivity index (χ2n) is 6.15. The number of hydrogen-bond donors (Lipinski definition) is 2. The van der Waals surface area contributed by atoms with E-state index < -0.39 is 10.0 Å². The van der Waals surface area contributed by atoms with Crippen molar-refractivity contribution < 1.29 is 8.42 Å². The predicted octanol–water partition coefficient (Wildman–Crippen LogP) is 2.39. The molecule has 3 rings (SSSR count). The highest BCUT2D eigenvalue weighted by Gasteiger charge is 2.24. The largest absolute Gasteiger partial charge is 0.322 e. The molecule has 0 bridgehead atoms. The fourth-order valence-electron chi connectivity index (χ4n) is 2.96. The van der Waals surface area contributed by atoms with Crippen LogP contribution in [0.4, 0.5) is 0 Å². The zero-order valence-electron chi connectivity index (χ0n) is 12.5. The zero-order valence-corrected chi connectivity index (χ0v) is 13.3. The summed E-state index contributed by atoms with van der Waals surface area (Å²) in [5, 5.41) is 0.708. The molecule has 0 radical (unpaired) electrons. The fraction of sp³-hybridized carbons (Fsp3) is 0.438. The summed E-state index contributed by atoms with van der Waals surface area (Å²) in [5.74, 6) is 0.679. The van der Waals surface area contributed by atoms with E-state index in [2.05, 4.69) is 16.6 Å². The van der Waals surface area contributed by atoms with E-state index in [0.29, 0.717) is 16.8 Å². The Morgan fingerprint density at radius 2 is 1.82 bits per heavy atom. The van der Waals surface area contributed by atoms with Crippen molar-refractivity contribution in [1.82, 2.24) is 9.71 Å². The van der Waals surface area contributed by atoms with Crippen molar-refractivity contribution in [3.63, 3.8) is 0 Å². The van der Waals surface area contributed by atoms with E-state index in [1.807, 2.05) is 0 Å². The average molecular weight is 320 g/mol. The fourth-order valence-corrected chi connectivity index (χ4v) is 4.30. The Kier molecular flexibility index (Phi) is 4.06. The van der Waals surface area contributed by atoms with Crippen molar-refractivity contribution in [3.05, 3.63) is 40.7 Å². The van der Waals surface area contributed by atoms with Gasteiger partial charge < -0.3 is 4.98 Å². The van der Waals surface area contributed by atoms with Crippen molar-refractivity contribution >= 4 is 20.9 Å². The maximum atomic E-state index is 12.5. The number of fused-ring (bicyclic) bond motifs is 1. The molecule has 118 valence electrons. The maximum absolute atomic E-state index is 12.5. The van der Waals surface area contributed by atoms with Crippen molar-refractivity contribution in [2.45, 2.75) is 43.5 Å². The molecule has 2 aromatic rings. The molecule has 0 aliphatic heterocycles. The number of sulfonamides is 1. The number of hydrogen-bond acceptors (Lipinski definition) is 3. The summed E-state index contributed by atoms with van der Waals surface area (Å²) < 4.78 is 27.8. The van der Waals surface area contributed by atoms with Crippen LogP contribution in [0.5, 0.6) is 0 Å². The highest BCUT2D eigenvalue weighted by molar-refractivity contribution is 7.89. The minimum absolute atomic E-state index is 0.0208. The molecular weight excluding hydrogens is 300 g/mol. The zero-order chi connectivity index (χ0) is 15.7. The number of benzene rings is 1. The van der Waals surface area contributed by atoms with Crippen LogP contribution in [0, 0.1) is 5.92 Å². The van der Waals surface area contributed by atoms with Gasteiger partial charge in [-0.3, -0.25) is 4.79 Å². The Balaban J connectivity index is 1.85. The lowest BCUT2D eigenvalue weighted by Crippen LogP contribution is -2.37. The van der Waals surface area contributed by atoms with Gasteiger partial charge in [0.05, 0.1) is 4.90 Å². The van der Waals surface area contributed by atoms with Crippen LogP contribution in [0.1, 0.15) is 32.6 Å². The number of aromatic nitrogens is 1. The van der Waals surface area contributed by atoms with Gasteiger partial charge in [-0.25, -0.2) is 13.1 Å². The molecule has 1 aliphatic rings. The van der Waals surface area contributed by atoms with Gasteiger partial charge in [-0.05, 0) is 61.3 Å². The first kappa shape index (κ1) is 15.2. The van der Waals surface area contributed by atoms with Crippen LogP contribution in [0.25, 0.3) is 10.9 Å². The third-order valence-corrected chi connectivity index (χ3v) is 5.86. The molecule has 2 N–H and O–H groups in total. The third-order valence-electron chi connectivity index (χ3n) is 4.34. The van der Waals surface area contributed by atoms with Crippen LogP contribution in [0.3, 0.4) is 0 Å². The topological polar surface area (TPSA) is 79.0 Å². The van der Waals surface area contributed by atoms with Gasteiger partial charge in [0.15, 0.2) is 0 Å². The SMILES string of the molecule is CC1CCC(NS(=O)(=O)c2ccc3[nH]c(=O)ccc3c2)CC1. The summed E-state index contributed by atoms with van der Waals surface area (Å²) >= 11 is 0. The van der Waals surface area contributed by atoms with Gasteiger partial charge in [-0.15, -0.1) is 0 Å². The summed E-state index contributed by atoms with van der Waals surface area (Å²) in [5.41, 5.74) is 0.440. The predicted molar refractivity (Wildman–Crippen MR) is 86.3 cm³/mol. The van der Waals surface area contributed by atoms with Gasteiger partial charge in [-0.1, -0.05) is 6.92 Å². The molecule has 6 heteroatoms. The first-order chi connectivity index (χ1) is 10.4. The van der Waals surface area contributed by atoms with Crippen LogP contribution < -0.4 is 10.3 Å². The van der Waals surface area contributed by atoms with E-state index >= 15 is 0 Å². The molecule has 0 amide bonds. The van der Waals surface area contributed by atoms with Crippen LogP contribution in [0.2, 0.25) is 0 Å². The number of rotatable bonds is 3. The molecule has 5 nitrogen and oxygen atoms in total. The van der Waals surface area contributed by atoms with Crippen molar-refractivity contribution in [2.75, 3.05) is 0 Å². The van der Waals surface area contributed by atoms with Crippen molar-refractivity contribution in [1.29, 1.82) is 0 Å². The lowest BCUT2D eigenvalue weighted by atomic mass is 9.88. The first-order valence-corrected chi connectivity index (χ1v) is 9.08. The molecule has 0 unspecified atom stereocenters. The van der Waals surface area contributed by atoms with E-state index in [4.69, 9.17) is 0 Å². The third kappa shape index (κ3) is 3.23. The molecule has 1 saturated carbocycles. The monoisotopic (exact) mass is 320 g/mol. The highest BCUT2D eigenvalue weighted by atomic mass is 32.2. The number of aromatic amines is 1. The minimum Gasteiger partial charge on any atom is -0.322 e. The maximum Gasteiger partial charge on any atom is 0.248 e. The quantitative estimate of drug-likeness (QED) is 0.911. The smallest absolute Gasteiger partial charge is 0.248 e. The normalized spacial score (nSPS) is 22.8. The summed E-state index contributed by atoms with van der Waals surface area (Å²) in [4.78, 5) is 14.2. The van der Waals surface area contributed by atoms with E-state index in [9.17, 15) is 13.2 Å². The van der Waals surface area contributed by atoms with Crippen LogP contribution in [0.15, 0.2) is 40.0 Å². The van der Waals surface area contributed by atoms with Gasteiger partial charge in [0.25, 0.3) is 0 Å². The Bertz CT molecular complexity index is 834. The second-order valence-corrected chi connectivity index (χ2v) is 7.86. The van der Waals surface area contributed by atoms with E-state index in [0.717, 1.165) is 25.7 Å². The lowest BCUT2D eigenvalue weighted by molar-refractivity contribution is 0.332.